The van der Waals surface area contributed by atoms with E-state index in [0.29, 0.717) is 11.3 Å². The van der Waals surface area contributed by atoms with Gasteiger partial charge in [-0.3, -0.25) is 4.79 Å². The van der Waals surface area contributed by atoms with Crippen molar-refractivity contribution in [1.82, 2.24) is 4.98 Å². The number of hydrogen-bond acceptors (Lipinski definition) is 2. The molecule has 1 amide bonds. The van der Waals surface area contributed by atoms with E-state index in [-0.39, 0.29) is 5.91 Å². The number of H-pyrrole nitrogens is 1. The Hall–Kier alpha value is -2.27. The quantitative estimate of drug-likeness (QED) is 0.613. The van der Waals surface area contributed by atoms with Gasteiger partial charge in [-0.05, 0) is 42.8 Å². The number of carbonyl (C=O) groups excluding carboxylic acids is 1. The van der Waals surface area contributed by atoms with Crippen molar-refractivity contribution in [3.8, 4) is 0 Å². The number of rotatable bonds is 2. The number of hydrogen-bond donors (Lipinski definition) is 3. The molecule has 0 bridgehead atoms. The number of amides is 1. The predicted octanol–water partition coefficient (Wildman–Crippen LogP) is 4.07. The zero-order chi connectivity index (χ0) is 15.0. The van der Waals surface area contributed by atoms with Gasteiger partial charge in [-0.2, -0.15) is 0 Å². The Morgan fingerprint density at radius 3 is 2.90 bits per heavy atom. The van der Waals surface area contributed by atoms with Crippen LogP contribution in [0.25, 0.3) is 10.9 Å². The van der Waals surface area contributed by atoms with Crippen molar-refractivity contribution in [2.45, 2.75) is 6.92 Å². The van der Waals surface area contributed by atoms with Crippen LogP contribution in [0.3, 0.4) is 0 Å². The first-order chi connectivity index (χ1) is 10.1. The number of fused-ring (bicyclic) bond motifs is 1. The molecule has 0 saturated carbocycles. The van der Waals surface area contributed by atoms with Crippen LogP contribution < -0.4 is 11.1 Å². The van der Waals surface area contributed by atoms with Crippen LogP contribution in [0.1, 0.15) is 15.9 Å². The molecule has 5 heteroatoms. The van der Waals surface area contributed by atoms with E-state index < -0.39 is 0 Å². The maximum atomic E-state index is 12.5. The Kier molecular flexibility index (Phi) is 3.43. The Morgan fingerprint density at radius 2 is 2.10 bits per heavy atom. The third-order valence-corrected chi connectivity index (χ3v) is 4.33. The molecule has 21 heavy (non-hydrogen) atoms. The van der Waals surface area contributed by atoms with Gasteiger partial charge < -0.3 is 16.0 Å². The van der Waals surface area contributed by atoms with E-state index in [1.165, 1.54) is 0 Å². The van der Waals surface area contributed by atoms with Gasteiger partial charge in [0.25, 0.3) is 5.91 Å². The number of aromatic amines is 1. The Balaban J connectivity index is 1.97. The van der Waals surface area contributed by atoms with Crippen LogP contribution in [0.4, 0.5) is 11.4 Å². The van der Waals surface area contributed by atoms with Crippen molar-refractivity contribution in [3.05, 3.63) is 58.2 Å². The lowest BCUT2D eigenvalue weighted by atomic mass is 10.1. The zero-order valence-corrected chi connectivity index (χ0v) is 13.0. The molecule has 0 fully saturated rings. The van der Waals surface area contributed by atoms with Gasteiger partial charge in [-0.25, -0.2) is 0 Å². The molecule has 4 nitrogen and oxygen atoms in total. The number of nitrogens with one attached hydrogen (secondary N) is 2. The fourth-order valence-corrected chi connectivity index (χ4v) is 2.62. The average molecular weight is 344 g/mol. The number of anilines is 2. The topological polar surface area (TPSA) is 70.9 Å². The van der Waals surface area contributed by atoms with Crippen molar-refractivity contribution in [2.75, 3.05) is 11.1 Å². The monoisotopic (exact) mass is 343 g/mol. The summed E-state index contributed by atoms with van der Waals surface area (Å²) < 4.78 is 0.962. The minimum atomic E-state index is -0.159. The van der Waals surface area contributed by atoms with Crippen molar-refractivity contribution < 1.29 is 4.79 Å². The molecule has 0 aliphatic rings. The van der Waals surface area contributed by atoms with Crippen LogP contribution in [-0.4, -0.2) is 10.9 Å². The molecule has 1 aromatic heterocycles. The van der Waals surface area contributed by atoms with Crippen molar-refractivity contribution in [3.63, 3.8) is 0 Å². The van der Waals surface area contributed by atoms with Crippen LogP contribution in [0.15, 0.2) is 47.1 Å². The Labute approximate surface area is 130 Å². The van der Waals surface area contributed by atoms with E-state index in [4.69, 9.17) is 5.73 Å². The fraction of sp³-hybridized carbons (Fsp3) is 0.0625. The standard InChI is InChI=1S/C16H14BrN3O/c1-9-13(17)3-2-4-14(9)20-16(21)12-8-19-15-6-5-10(18)7-11(12)15/h2-8,19H,18H2,1H3,(H,20,21). The van der Waals surface area contributed by atoms with Gasteiger partial charge in [0.05, 0.1) is 5.56 Å². The summed E-state index contributed by atoms with van der Waals surface area (Å²) in [5.41, 5.74) is 9.68. The SMILES string of the molecule is Cc1c(Br)cccc1NC(=O)c1c[nH]c2ccc(N)cc12. The molecule has 106 valence electrons. The molecule has 3 aromatic rings. The summed E-state index contributed by atoms with van der Waals surface area (Å²) in [6.45, 7) is 1.95. The van der Waals surface area contributed by atoms with E-state index >= 15 is 0 Å². The second-order valence-corrected chi connectivity index (χ2v) is 5.73. The summed E-state index contributed by atoms with van der Waals surface area (Å²) in [5.74, 6) is -0.159. The second-order valence-electron chi connectivity index (χ2n) is 4.87. The fourth-order valence-electron chi connectivity index (χ4n) is 2.26. The number of nitrogens with two attached hydrogens (primary N) is 1. The summed E-state index contributed by atoms with van der Waals surface area (Å²) in [6, 6.07) is 11.2. The van der Waals surface area contributed by atoms with E-state index in [1.807, 2.05) is 31.2 Å². The van der Waals surface area contributed by atoms with Gasteiger partial charge in [0, 0.05) is 32.9 Å². The smallest absolute Gasteiger partial charge is 0.257 e. The molecule has 1 heterocycles. The number of nitrogen functional groups attached to an aromatic ring is 1. The number of aromatic nitrogens is 1. The highest BCUT2D eigenvalue weighted by Gasteiger charge is 2.13. The molecule has 3 rings (SSSR count). The van der Waals surface area contributed by atoms with Crippen molar-refractivity contribution in [1.29, 1.82) is 0 Å². The van der Waals surface area contributed by atoms with Gasteiger partial charge in [0.1, 0.15) is 0 Å². The molecule has 0 radical (unpaired) electrons. The summed E-state index contributed by atoms with van der Waals surface area (Å²) in [4.78, 5) is 15.6. The van der Waals surface area contributed by atoms with E-state index in [2.05, 4.69) is 26.2 Å². The highest BCUT2D eigenvalue weighted by molar-refractivity contribution is 9.10. The predicted molar refractivity (Wildman–Crippen MR) is 89.5 cm³/mol. The zero-order valence-electron chi connectivity index (χ0n) is 11.4. The lowest BCUT2D eigenvalue weighted by Crippen LogP contribution is -2.12. The van der Waals surface area contributed by atoms with Gasteiger partial charge in [-0.1, -0.05) is 22.0 Å². The summed E-state index contributed by atoms with van der Waals surface area (Å²) >= 11 is 3.46. The molecule has 0 saturated heterocycles. The van der Waals surface area contributed by atoms with E-state index in [1.54, 1.807) is 18.3 Å². The molecule has 0 atom stereocenters. The molecule has 0 aliphatic heterocycles. The third kappa shape index (κ3) is 2.52. The van der Waals surface area contributed by atoms with Crippen molar-refractivity contribution >= 4 is 44.1 Å². The molecular formula is C16H14BrN3O. The summed E-state index contributed by atoms with van der Waals surface area (Å²) in [7, 11) is 0. The maximum Gasteiger partial charge on any atom is 0.257 e. The van der Waals surface area contributed by atoms with Crippen molar-refractivity contribution in [2.24, 2.45) is 0 Å². The molecular weight excluding hydrogens is 330 g/mol. The van der Waals surface area contributed by atoms with Crippen LogP contribution in [0, 0.1) is 6.92 Å². The molecule has 0 spiro atoms. The maximum absolute atomic E-state index is 12.5. The van der Waals surface area contributed by atoms with Gasteiger partial charge in [-0.15, -0.1) is 0 Å². The summed E-state index contributed by atoms with van der Waals surface area (Å²) in [5, 5.41) is 3.75. The minimum Gasteiger partial charge on any atom is -0.399 e. The highest BCUT2D eigenvalue weighted by atomic mass is 79.9. The summed E-state index contributed by atoms with van der Waals surface area (Å²) in [6.07, 6.45) is 1.70. The first-order valence-electron chi connectivity index (χ1n) is 6.49. The number of benzene rings is 2. The van der Waals surface area contributed by atoms with Crippen LogP contribution in [0.2, 0.25) is 0 Å². The minimum absolute atomic E-state index is 0.159. The Bertz CT molecular complexity index is 839. The lowest BCUT2D eigenvalue weighted by Gasteiger charge is -2.09. The van der Waals surface area contributed by atoms with E-state index in [0.717, 1.165) is 26.6 Å². The highest BCUT2D eigenvalue weighted by Crippen LogP contribution is 2.26. The second kappa shape index (κ2) is 5.26. The molecule has 2 aromatic carbocycles. The lowest BCUT2D eigenvalue weighted by molar-refractivity contribution is 0.102. The Morgan fingerprint density at radius 1 is 1.29 bits per heavy atom. The normalized spacial score (nSPS) is 10.8. The number of carbonyl (C=O) groups is 1. The largest absolute Gasteiger partial charge is 0.399 e. The number of halogens is 1. The van der Waals surface area contributed by atoms with Gasteiger partial charge in [0.15, 0.2) is 0 Å². The van der Waals surface area contributed by atoms with E-state index in [9.17, 15) is 4.79 Å². The average Bonchev–Trinajstić information content (AvgIpc) is 2.87. The van der Waals surface area contributed by atoms with Crippen LogP contribution in [-0.2, 0) is 0 Å². The van der Waals surface area contributed by atoms with Crippen LogP contribution >= 0.6 is 15.9 Å². The molecule has 0 aliphatic carbocycles. The first kappa shape index (κ1) is 13.7. The van der Waals surface area contributed by atoms with Crippen LogP contribution in [0.5, 0.6) is 0 Å². The molecule has 4 N–H and O–H groups in total. The van der Waals surface area contributed by atoms with Gasteiger partial charge >= 0.3 is 0 Å². The third-order valence-electron chi connectivity index (χ3n) is 3.47. The molecule has 0 unspecified atom stereocenters. The van der Waals surface area contributed by atoms with Gasteiger partial charge in [0.2, 0.25) is 0 Å². The first-order valence-corrected chi connectivity index (χ1v) is 7.28.